The molecule has 0 spiro atoms. The molecule has 4 rings (SSSR count). The first-order valence-electron chi connectivity index (χ1n) is 9.24. The van der Waals surface area contributed by atoms with Crippen LogP contribution in [0.15, 0.2) is 79.1 Å². The van der Waals surface area contributed by atoms with E-state index >= 15 is 0 Å². The Morgan fingerprint density at radius 1 is 0.967 bits per heavy atom. The first-order chi connectivity index (χ1) is 14.6. The summed E-state index contributed by atoms with van der Waals surface area (Å²) in [6.45, 7) is 0. The van der Waals surface area contributed by atoms with Crippen molar-refractivity contribution in [2.75, 3.05) is 5.32 Å². The fraction of sp³-hybridized carbons (Fsp3) is 0.0435. The number of rotatable bonds is 6. The average molecular weight is 416 g/mol. The number of nitrogens with zero attached hydrogens (tertiary/aromatic N) is 2. The van der Waals surface area contributed by atoms with Crippen molar-refractivity contribution in [3.05, 3.63) is 90.5 Å². The Morgan fingerprint density at radius 3 is 2.37 bits per heavy atom. The minimum Gasteiger partial charge on any atom is -0.332 e. The summed E-state index contributed by atoms with van der Waals surface area (Å²) >= 11 is 5.42. The Labute approximate surface area is 178 Å². The van der Waals surface area contributed by atoms with Crippen LogP contribution in [0.1, 0.15) is 16.8 Å². The molecule has 0 unspecified atom stereocenters. The Balaban J connectivity index is 1.64. The average Bonchev–Trinajstić information content (AvgIpc) is 3.18. The highest BCUT2D eigenvalue weighted by atomic mass is 32.1. The molecule has 2 aromatic heterocycles. The van der Waals surface area contributed by atoms with Crippen LogP contribution in [-0.4, -0.2) is 26.0 Å². The second kappa shape index (κ2) is 8.75. The van der Waals surface area contributed by atoms with E-state index in [1.165, 1.54) is 12.1 Å². The van der Waals surface area contributed by atoms with Gasteiger partial charge in [-0.1, -0.05) is 42.5 Å². The van der Waals surface area contributed by atoms with Crippen molar-refractivity contribution in [3.63, 3.8) is 0 Å². The number of aromatic amines is 1. The van der Waals surface area contributed by atoms with Crippen molar-refractivity contribution in [1.29, 1.82) is 0 Å². The van der Waals surface area contributed by atoms with E-state index in [0.29, 0.717) is 22.1 Å². The van der Waals surface area contributed by atoms with Crippen LogP contribution >= 0.6 is 12.2 Å². The normalized spacial score (nSPS) is 10.6. The number of benzene rings is 2. The molecule has 2 aromatic carbocycles. The molecule has 0 aliphatic heterocycles. The molecule has 0 aliphatic rings. The van der Waals surface area contributed by atoms with Gasteiger partial charge in [0.25, 0.3) is 0 Å². The van der Waals surface area contributed by atoms with Crippen molar-refractivity contribution in [2.24, 2.45) is 0 Å². The Hall–Kier alpha value is -3.71. The van der Waals surface area contributed by atoms with Gasteiger partial charge < -0.3 is 5.32 Å². The monoisotopic (exact) mass is 416 g/mol. The standard InChI is InChI=1S/C23H17FN4OS/c24-18-8-6-17(7-9-18)22-21(16-10-12-25-13-11-16)23(28-27-22)26-20(30)14-19(29)15-4-2-1-3-5-15/h1-13H,14H2,(H2,26,27,28,30). The molecule has 148 valence electrons. The zero-order chi connectivity index (χ0) is 20.9. The second-order valence-corrected chi connectivity index (χ2v) is 7.07. The van der Waals surface area contributed by atoms with Gasteiger partial charge in [0.05, 0.1) is 22.7 Å². The molecule has 30 heavy (non-hydrogen) atoms. The van der Waals surface area contributed by atoms with E-state index in [9.17, 15) is 9.18 Å². The number of carbonyl (C=O) groups is 1. The fourth-order valence-electron chi connectivity index (χ4n) is 3.11. The van der Waals surface area contributed by atoms with E-state index < -0.39 is 0 Å². The van der Waals surface area contributed by atoms with Crippen molar-refractivity contribution in [3.8, 4) is 22.4 Å². The Kier molecular flexibility index (Phi) is 5.72. The highest BCUT2D eigenvalue weighted by Gasteiger charge is 2.19. The molecule has 7 heteroatoms. The third kappa shape index (κ3) is 4.31. The van der Waals surface area contributed by atoms with Gasteiger partial charge in [-0.15, -0.1) is 0 Å². The minimum absolute atomic E-state index is 0.0634. The molecule has 0 radical (unpaired) electrons. The van der Waals surface area contributed by atoms with Crippen molar-refractivity contribution < 1.29 is 9.18 Å². The van der Waals surface area contributed by atoms with Crippen molar-refractivity contribution in [2.45, 2.75) is 6.42 Å². The molecule has 2 heterocycles. The first kappa shape index (κ1) is 19.6. The van der Waals surface area contributed by atoms with Crippen LogP contribution in [0.5, 0.6) is 0 Å². The topological polar surface area (TPSA) is 70.7 Å². The van der Waals surface area contributed by atoms with E-state index in [1.54, 1.807) is 36.7 Å². The van der Waals surface area contributed by atoms with Crippen LogP contribution in [0.4, 0.5) is 10.2 Å². The fourth-order valence-corrected chi connectivity index (χ4v) is 3.33. The van der Waals surface area contributed by atoms with E-state index in [2.05, 4.69) is 20.5 Å². The number of carbonyl (C=O) groups excluding carboxylic acids is 1. The van der Waals surface area contributed by atoms with E-state index in [-0.39, 0.29) is 18.0 Å². The lowest BCUT2D eigenvalue weighted by Gasteiger charge is -2.09. The van der Waals surface area contributed by atoms with Gasteiger partial charge in [0.1, 0.15) is 5.82 Å². The van der Waals surface area contributed by atoms with Gasteiger partial charge in [0, 0.05) is 23.5 Å². The van der Waals surface area contributed by atoms with Gasteiger partial charge in [-0.3, -0.25) is 14.9 Å². The third-order valence-corrected chi connectivity index (χ3v) is 4.79. The number of pyridine rings is 1. The molecule has 0 saturated carbocycles. The number of thiocarbonyl (C=S) groups is 1. The SMILES string of the molecule is O=C(CC(=S)Nc1n[nH]c(-c2ccc(F)cc2)c1-c1ccncc1)c1ccccc1. The Bertz CT molecular complexity index is 1180. The second-order valence-electron chi connectivity index (χ2n) is 6.58. The summed E-state index contributed by atoms with van der Waals surface area (Å²) in [4.78, 5) is 16.9. The van der Waals surface area contributed by atoms with Crippen LogP contribution in [-0.2, 0) is 0 Å². The molecule has 5 nitrogen and oxygen atoms in total. The maximum absolute atomic E-state index is 13.4. The summed E-state index contributed by atoms with van der Waals surface area (Å²) in [6.07, 6.45) is 3.42. The summed E-state index contributed by atoms with van der Waals surface area (Å²) < 4.78 is 13.4. The Morgan fingerprint density at radius 2 is 1.67 bits per heavy atom. The van der Waals surface area contributed by atoms with E-state index in [0.717, 1.165) is 16.7 Å². The van der Waals surface area contributed by atoms with Gasteiger partial charge in [-0.05, 0) is 42.0 Å². The summed E-state index contributed by atoms with van der Waals surface area (Å²) in [7, 11) is 0. The van der Waals surface area contributed by atoms with Gasteiger partial charge in [-0.2, -0.15) is 5.10 Å². The van der Waals surface area contributed by atoms with Gasteiger partial charge in [0.2, 0.25) is 0 Å². The van der Waals surface area contributed by atoms with E-state index in [1.807, 2.05) is 30.3 Å². The maximum Gasteiger partial charge on any atom is 0.169 e. The maximum atomic E-state index is 13.4. The number of Topliss-reactive ketones (excluding diaryl/α,β-unsaturated/α-hetero) is 1. The number of halogens is 1. The largest absolute Gasteiger partial charge is 0.332 e. The lowest BCUT2D eigenvalue weighted by Crippen LogP contribution is -2.15. The molecule has 4 aromatic rings. The first-order valence-corrected chi connectivity index (χ1v) is 9.65. The third-order valence-electron chi connectivity index (χ3n) is 4.54. The predicted molar refractivity (Wildman–Crippen MR) is 119 cm³/mol. The highest BCUT2D eigenvalue weighted by molar-refractivity contribution is 7.80. The summed E-state index contributed by atoms with van der Waals surface area (Å²) in [6, 6.07) is 18.8. The predicted octanol–water partition coefficient (Wildman–Crippen LogP) is 5.29. The molecule has 0 saturated heterocycles. The smallest absolute Gasteiger partial charge is 0.169 e. The van der Waals surface area contributed by atoms with Gasteiger partial charge >= 0.3 is 0 Å². The van der Waals surface area contributed by atoms with Crippen molar-refractivity contribution >= 4 is 28.8 Å². The number of hydrogen-bond acceptors (Lipinski definition) is 4. The van der Waals surface area contributed by atoms with Crippen LogP contribution in [0, 0.1) is 5.82 Å². The zero-order valence-electron chi connectivity index (χ0n) is 15.8. The van der Waals surface area contributed by atoms with Crippen LogP contribution in [0.25, 0.3) is 22.4 Å². The summed E-state index contributed by atoms with van der Waals surface area (Å²) in [5, 5.41) is 10.4. The molecule has 0 aliphatic carbocycles. The number of aromatic nitrogens is 3. The number of ketones is 1. The van der Waals surface area contributed by atoms with E-state index in [4.69, 9.17) is 12.2 Å². The molecular weight excluding hydrogens is 399 g/mol. The quantitative estimate of drug-likeness (QED) is 0.330. The van der Waals surface area contributed by atoms with Gasteiger partial charge in [-0.25, -0.2) is 4.39 Å². The van der Waals surface area contributed by atoms with Crippen LogP contribution in [0.2, 0.25) is 0 Å². The highest BCUT2D eigenvalue weighted by Crippen LogP contribution is 2.36. The number of anilines is 1. The van der Waals surface area contributed by atoms with Gasteiger partial charge in [0.15, 0.2) is 11.6 Å². The minimum atomic E-state index is -0.317. The number of nitrogens with one attached hydrogen (secondary N) is 2. The summed E-state index contributed by atoms with van der Waals surface area (Å²) in [5.41, 5.74) is 3.71. The molecule has 0 fully saturated rings. The lowest BCUT2D eigenvalue weighted by atomic mass is 10.0. The zero-order valence-corrected chi connectivity index (χ0v) is 16.6. The molecule has 2 N–H and O–H groups in total. The number of H-pyrrole nitrogens is 1. The molecular formula is C23H17FN4OS. The number of hydrogen-bond donors (Lipinski definition) is 2. The van der Waals surface area contributed by atoms with Crippen LogP contribution < -0.4 is 5.32 Å². The molecule has 0 atom stereocenters. The van der Waals surface area contributed by atoms with Crippen LogP contribution in [0.3, 0.4) is 0 Å². The molecule has 0 amide bonds. The lowest BCUT2D eigenvalue weighted by molar-refractivity contribution is 0.100. The van der Waals surface area contributed by atoms with Crippen molar-refractivity contribution in [1.82, 2.24) is 15.2 Å². The molecule has 0 bridgehead atoms. The summed E-state index contributed by atoms with van der Waals surface area (Å²) in [5.74, 6) is 0.0990.